The molecule has 0 amide bonds. The van der Waals surface area contributed by atoms with Crippen molar-refractivity contribution in [3.05, 3.63) is 24.3 Å². The van der Waals surface area contributed by atoms with Gasteiger partial charge in [-0.3, -0.25) is 14.4 Å². The standard InChI is InChI=1S/C14H18O5/c1-12(16)19-14(9-5-3-7-13(14)17)8-4-2-6-10-18-11-15/h3,5,7,9,11H,2,4,6,8,10H2,1H3. The predicted octanol–water partition coefficient (Wildman–Crippen LogP) is 1.72. The molecule has 1 atom stereocenters. The molecule has 0 fully saturated rings. The highest BCUT2D eigenvalue weighted by Crippen LogP contribution is 2.26. The molecule has 0 bridgehead atoms. The molecule has 0 saturated heterocycles. The quantitative estimate of drug-likeness (QED) is 0.380. The summed E-state index contributed by atoms with van der Waals surface area (Å²) in [5, 5.41) is 0. The van der Waals surface area contributed by atoms with Gasteiger partial charge in [0, 0.05) is 6.92 Å². The fourth-order valence-corrected chi connectivity index (χ4v) is 1.97. The van der Waals surface area contributed by atoms with Gasteiger partial charge in [0.2, 0.25) is 5.78 Å². The first kappa shape index (κ1) is 15.1. The molecule has 0 aliphatic heterocycles. The second-order valence-electron chi connectivity index (χ2n) is 4.34. The van der Waals surface area contributed by atoms with Crippen molar-refractivity contribution < 1.29 is 23.9 Å². The summed E-state index contributed by atoms with van der Waals surface area (Å²) in [6.07, 6.45) is 9.04. The van der Waals surface area contributed by atoms with Crippen molar-refractivity contribution in [3.63, 3.8) is 0 Å². The zero-order valence-electron chi connectivity index (χ0n) is 11.0. The Bertz CT molecular complexity index is 397. The number of ether oxygens (including phenoxy) is 2. The summed E-state index contributed by atoms with van der Waals surface area (Å²) in [6, 6.07) is 0. The normalized spacial score (nSPS) is 21.2. The van der Waals surface area contributed by atoms with E-state index in [1.54, 1.807) is 18.2 Å². The predicted molar refractivity (Wildman–Crippen MR) is 68.3 cm³/mol. The van der Waals surface area contributed by atoms with Gasteiger partial charge in [0.05, 0.1) is 6.61 Å². The minimum absolute atomic E-state index is 0.214. The van der Waals surface area contributed by atoms with Crippen LogP contribution >= 0.6 is 0 Å². The van der Waals surface area contributed by atoms with E-state index in [2.05, 4.69) is 4.74 Å². The average Bonchev–Trinajstić information content (AvgIpc) is 2.36. The monoisotopic (exact) mass is 266 g/mol. The zero-order chi connectivity index (χ0) is 14.1. The maximum absolute atomic E-state index is 11.9. The van der Waals surface area contributed by atoms with Crippen LogP contribution in [-0.2, 0) is 23.9 Å². The van der Waals surface area contributed by atoms with Crippen LogP contribution in [0.4, 0.5) is 0 Å². The van der Waals surface area contributed by atoms with Gasteiger partial charge in [0.1, 0.15) is 0 Å². The second-order valence-corrected chi connectivity index (χ2v) is 4.34. The van der Waals surface area contributed by atoms with Gasteiger partial charge in [-0.2, -0.15) is 0 Å². The molecule has 0 aromatic rings. The summed E-state index contributed by atoms with van der Waals surface area (Å²) >= 11 is 0. The molecule has 1 aliphatic rings. The fourth-order valence-electron chi connectivity index (χ4n) is 1.97. The summed E-state index contributed by atoms with van der Waals surface area (Å²) in [7, 11) is 0. The third kappa shape index (κ3) is 4.69. The van der Waals surface area contributed by atoms with Gasteiger partial charge >= 0.3 is 5.97 Å². The molecule has 0 radical (unpaired) electrons. The topological polar surface area (TPSA) is 69.7 Å². The largest absolute Gasteiger partial charge is 0.468 e. The lowest BCUT2D eigenvalue weighted by molar-refractivity contribution is -0.159. The lowest BCUT2D eigenvalue weighted by atomic mass is 9.88. The Morgan fingerprint density at radius 2 is 2.11 bits per heavy atom. The lowest BCUT2D eigenvalue weighted by Gasteiger charge is -2.29. The number of unbranched alkanes of at least 4 members (excludes halogenated alkanes) is 2. The average molecular weight is 266 g/mol. The fraction of sp³-hybridized carbons (Fsp3) is 0.500. The molecule has 104 valence electrons. The molecule has 0 aromatic heterocycles. The summed E-state index contributed by atoms with van der Waals surface area (Å²) < 4.78 is 9.78. The van der Waals surface area contributed by atoms with E-state index in [0.29, 0.717) is 25.9 Å². The van der Waals surface area contributed by atoms with Crippen molar-refractivity contribution in [1.82, 2.24) is 0 Å². The van der Waals surface area contributed by atoms with Gasteiger partial charge in [-0.1, -0.05) is 12.2 Å². The molecular formula is C14H18O5. The summed E-state index contributed by atoms with van der Waals surface area (Å²) in [4.78, 5) is 33.0. The van der Waals surface area contributed by atoms with Crippen molar-refractivity contribution in [2.24, 2.45) is 0 Å². The molecule has 0 N–H and O–H groups in total. The zero-order valence-corrected chi connectivity index (χ0v) is 11.0. The molecule has 0 saturated carbocycles. The minimum atomic E-state index is -1.16. The number of rotatable bonds is 8. The molecule has 0 aromatic carbocycles. The van der Waals surface area contributed by atoms with E-state index in [-0.39, 0.29) is 5.78 Å². The van der Waals surface area contributed by atoms with E-state index in [9.17, 15) is 14.4 Å². The molecule has 5 nitrogen and oxygen atoms in total. The summed E-state index contributed by atoms with van der Waals surface area (Å²) in [5.41, 5.74) is -1.16. The maximum Gasteiger partial charge on any atom is 0.303 e. The number of allylic oxidation sites excluding steroid dienone is 2. The van der Waals surface area contributed by atoms with Crippen LogP contribution in [0.3, 0.4) is 0 Å². The lowest BCUT2D eigenvalue weighted by Crippen LogP contribution is -2.41. The molecule has 1 rings (SSSR count). The van der Waals surface area contributed by atoms with Crippen molar-refractivity contribution in [2.45, 2.75) is 38.2 Å². The number of ketones is 1. The Balaban J connectivity index is 2.49. The van der Waals surface area contributed by atoms with E-state index >= 15 is 0 Å². The Kier molecular flexibility index (Phi) is 5.99. The summed E-state index contributed by atoms with van der Waals surface area (Å²) in [5.74, 6) is -0.688. The highest BCUT2D eigenvalue weighted by molar-refractivity contribution is 6.01. The van der Waals surface area contributed by atoms with Gasteiger partial charge in [0.25, 0.3) is 6.47 Å². The van der Waals surface area contributed by atoms with Gasteiger partial charge in [0.15, 0.2) is 5.60 Å². The van der Waals surface area contributed by atoms with Gasteiger partial charge in [-0.15, -0.1) is 0 Å². The van der Waals surface area contributed by atoms with Crippen LogP contribution in [0.1, 0.15) is 32.6 Å². The molecule has 0 spiro atoms. The third-order valence-corrected chi connectivity index (χ3v) is 2.85. The van der Waals surface area contributed by atoms with Crippen LogP contribution < -0.4 is 0 Å². The number of carbonyl (C=O) groups is 3. The van der Waals surface area contributed by atoms with Gasteiger partial charge in [-0.25, -0.2) is 0 Å². The van der Waals surface area contributed by atoms with Crippen LogP contribution in [0.25, 0.3) is 0 Å². The molecule has 1 unspecified atom stereocenters. The summed E-state index contributed by atoms with van der Waals surface area (Å²) in [6.45, 7) is 2.07. The van der Waals surface area contributed by atoms with Crippen molar-refractivity contribution in [1.29, 1.82) is 0 Å². The Morgan fingerprint density at radius 1 is 1.32 bits per heavy atom. The second kappa shape index (κ2) is 7.51. The van der Waals surface area contributed by atoms with Crippen LogP contribution in [0.5, 0.6) is 0 Å². The van der Waals surface area contributed by atoms with E-state index < -0.39 is 11.6 Å². The van der Waals surface area contributed by atoms with Crippen LogP contribution in [-0.4, -0.2) is 30.4 Å². The number of hydrogen-bond acceptors (Lipinski definition) is 5. The van der Waals surface area contributed by atoms with Gasteiger partial charge < -0.3 is 9.47 Å². The van der Waals surface area contributed by atoms with Gasteiger partial charge in [-0.05, 0) is 37.8 Å². The van der Waals surface area contributed by atoms with Crippen LogP contribution in [0.15, 0.2) is 24.3 Å². The smallest absolute Gasteiger partial charge is 0.303 e. The first-order valence-electron chi connectivity index (χ1n) is 6.26. The van der Waals surface area contributed by atoms with E-state index in [0.717, 1.165) is 12.8 Å². The van der Waals surface area contributed by atoms with E-state index in [4.69, 9.17) is 4.74 Å². The SMILES string of the molecule is CC(=O)OC1(CCCCCOC=O)C=CC=CC1=O. The van der Waals surface area contributed by atoms with E-state index in [1.807, 2.05) is 0 Å². The maximum atomic E-state index is 11.9. The molecule has 0 heterocycles. The number of hydrogen-bond donors (Lipinski definition) is 0. The van der Waals surface area contributed by atoms with E-state index in [1.165, 1.54) is 13.0 Å². The Labute approximate surface area is 112 Å². The van der Waals surface area contributed by atoms with Crippen LogP contribution in [0.2, 0.25) is 0 Å². The number of esters is 1. The van der Waals surface area contributed by atoms with Crippen LogP contribution in [0, 0.1) is 0 Å². The molecular weight excluding hydrogens is 248 g/mol. The minimum Gasteiger partial charge on any atom is -0.468 e. The highest BCUT2D eigenvalue weighted by Gasteiger charge is 2.37. The highest BCUT2D eigenvalue weighted by atomic mass is 16.6. The van der Waals surface area contributed by atoms with Crippen molar-refractivity contribution in [3.8, 4) is 0 Å². The van der Waals surface area contributed by atoms with Crippen molar-refractivity contribution in [2.75, 3.05) is 6.61 Å². The number of carbonyl (C=O) groups excluding carboxylic acids is 3. The first-order chi connectivity index (χ1) is 9.10. The molecule has 19 heavy (non-hydrogen) atoms. The first-order valence-corrected chi connectivity index (χ1v) is 6.26. The third-order valence-electron chi connectivity index (χ3n) is 2.85. The molecule has 5 heteroatoms. The Morgan fingerprint density at radius 3 is 2.74 bits per heavy atom. The molecule has 1 aliphatic carbocycles. The van der Waals surface area contributed by atoms with Crippen molar-refractivity contribution >= 4 is 18.2 Å². The Hall–Kier alpha value is -1.91.